The van der Waals surface area contributed by atoms with Crippen molar-refractivity contribution in [3.63, 3.8) is 0 Å². The average Bonchev–Trinajstić information content (AvgIpc) is 3.42. The summed E-state index contributed by atoms with van der Waals surface area (Å²) in [6.07, 6.45) is -2.24. The number of rotatable bonds is 6. The molecule has 2 aromatic heterocycles. The molecule has 1 amide bonds. The highest BCUT2D eigenvalue weighted by Gasteiger charge is 2.30. The van der Waals surface area contributed by atoms with E-state index in [1.165, 1.54) is 28.0 Å². The molecule has 1 aromatic carbocycles. The minimum Gasteiger partial charge on any atom is -0.348 e. The first-order valence-corrected chi connectivity index (χ1v) is 11.8. The van der Waals surface area contributed by atoms with Crippen molar-refractivity contribution < 1.29 is 18.0 Å². The SMILES string of the molecule is CCn1c(SCC(=O)Nc2ccc(C(F)(F)F)cc2)nc2nc(N3CCCC3)sc2c1=O. The normalized spacial score (nSPS) is 14.3. The Kier molecular flexibility index (Phi) is 6.42. The number of hydrogen-bond acceptors (Lipinski definition) is 7. The molecule has 0 radical (unpaired) electrons. The first-order valence-electron chi connectivity index (χ1n) is 10.0. The van der Waals surface area contributed by atoms with Crippen molar-refractivity contribution >= 4 is 50.2 Å². The Balaban J connectivity index is 1.48. The highest BCUT2D eigenvalue weighted by Crippen LogP contribution is 2.31. The van der Waals surface area contributed by atoms with Crippen molar-refractivity contribution in [2.75, 3.05) is 29.1 Å². The van der Waals surface area contributed by atoms with Crippen LogP contribution < -0.4 is 15.8 Å². The summed E-state index contributed by atoms with van der Waals surface area (Å²) < 4.78 is 40.0. The molecule has 0 saturated carbocycles. The van der Waals surface area contributed by atoms with Crippen molar-refractivity contribution in [2.45, 2.75) is 37.6 Å². The van der Waals surface area contributed by atoms with Crippen LogP contribution >= 0.6 is 23.1 Å². The van der Waals surface area contributed by atoms with Crippen molar-refractivity contribution in [1.29, 1.82) is 0 Å². The van der Waals surface area contributed by atoms with Gasteiger partial charge < -0.3 is 10.2 Å². The van der Waals surface area contributed by atoms with E-state index in [-0.39, 0.29) is 17.0 Å². The summed E-state index contributed by atoms with van der Waals surface area (Å²) in [5, 5.41) is 3.72. The number of nitrogens with zero attached hydrogens (tertiary/aromatic N) is 4. The minimum absolute atomic E-state index is 0.0535. The number of carbonyl (C=O) groups excluding carboxylic acids is 1. The zero-order valence-electron chi connectivity index (χ0n) is 17.1. The van der Waals surface area contributed by atoms with Crippen LogP contribution in [0, 0.1) is 0 Å². The number of thioether (sulfide) groups is 1. The topological polar surface area (TPSA) is 80.1 Å². The van der Waals surface area contributed by atoms with E-state index in [1.807, 2.05) is 6.92 Å². The smallest absolute Gasteiger partial charge is 0.348 e. The molecule has 0 bridgehead atoms. The fraction of sp³-hybridized carbons (Fsp3) is 0.400. The molecule has 1 aliphatic heterocycles. The fourth-order valence-electron chi connectivity index (χ4n) is 3.38. The predicted molar refractivity (Wildman–Crippen MR) is 120 cm³/mol. The van der Waals surface area contributed by atoms with Gasteiger partial charge in [-0.25, -0.2) is 4.98 Å². The summed E-state index contributed by atoms with van der Waals surface area (Å²) in [5.41, 5.74) is -0.344. The van der Waals surface area contributed by atoms with Gasteiger partial charge in [0.05, 0.1) is 11.3 Å². The van der Waals surface area contributed by atoms with Crippen LogP contribution in [-0.2, 0) is 17.5 Å². The van der Waals surface area contributed by atoms with Crippen LogP contribution in [0.4, 0.5) is 24.0 Å². The molecular formula is C20H20F3N5O2S2. The third kappa shape index (κ3) is 4.75. The molecule has 0 spiro atoms. The van der Waals surface area contributed by atoms with E-state index >= 15 is 0 Å². The highest BCUT2D eigenvalue weighted by molar-refractivity contribution is 7.99. The van der Waals surface area contributed by atoms with Crippen LogP contribution in [0.15, 0.2) is 34.2 Å². The maximum atomic E-state index is 12.9. The van der Waals surface area contributed by atoms with Crippen LogP contribution in [0.25, 0.3) is 10.3 Å². The van der Waals surface area contributed by atoms with Crippen LogP contribution in [0.5, 0.6) is 0 Å². The summed E-state index contributed by atoms with van der Waals surface area (Å²) in [7, 11) is 0. The van der Waals surface area contributed by atoms with E-state index in [2.05, 4.69) is 20.2 Å². The second-order valence-electron chi connectivity index (χ2n) is 7.20. The van der Waals surface area contributed by atoms with E-state index in [0.29, 0.717) is 22.0 Å². The van der Waals surface area contributed by atoms with Crippen LogP contribution in [-0.4, -0.2) is 39.3 Å². The first-order chi connectivity index (χ1) is 15.3. The largest absolute Gasteiger partial charge is 0.416 e. The Morgan fingerprint density at radius 1 is 1.19 bits per heavy atom. The molecule has 0 atom stereocenters. The number of aromatic nitrogens is 3. The van der Waals surface area contributed by atoms with Gasteiger partial charge in [0.25, 0.3) is 5.56 Å². The average molecular weight is 484 g/mol. The lowest BCUT2D eigenvalue weighted by Crippen LogP contribution is -2.23. The molecule has 32 heavy (non-hydrogen) atoms. The third-order valence-electron chi connectivity index (χ3n) is 4.99. The number of amides is 1. The minimum atomic E-state index is -4.43. The number of halogens is 3. The molecule has 7 nitrogen and oxygen atoms in total. The molecule has 1 saturated heterocycles. The summed E-state index contributed by atoms with van der Waals surface area (Å²) in [6, 6.07) is 4.22. The fourth-order valence-corrected chi connectivity index (χ4v) is 5.24. The van der Waals surface area contributed by atoms with Crippen LogP contribution in [0.3, 0.4) is 0 Å². The van der Waals surface area contributed by atoms with E-state index in [9.17, 15) is 22.8 Å². The number of anilines is 2. The maximum Gasteiger partial charge on any atom is 0.416 e. The van der Waals surface area contributed by atoms with Gasteiger partial charge in [0.2, 0.25) is 5.91 Å². The molecule has 1 fully saturated rings. The van der Waals surface area contributed by atoms with E-state index in [0.717, 1.165) is 55.0 Å². The maximum absolute atomic E-state index is 12.9. The van der Waals surface area contributed by atoms with Crippen LogP contribution in [0.1, 0.15) is 25.3 Å². The quantitative estimate of drug-likeness (QED) is 0.418. The Labute approximate surface area is 189 Å². The van der Waals surface area contributed by atoms with Gasteiger partial charge in [0.1, 0.15) is 4.70 Å². The van der Waals surface area contributed by atoms with Gasteiger partial charge in [-0.15, -0.1) is 0 Å². The monoisotopic (exact) mass is 483 g/mol. The number of thiazole rings is 1. The van der Waals surface area contributed by atoms with Crippen molar-refractivity contribution in [3.8, 4) is 0 Å². The van der Waals surface area contributed by atoms with Gasteiger partial charge in [-0.05, 0) is 44.0 Å². The number of alkyl halides is 3. The van der Waals surface area contributed by atoms with Gasteiger partial charge in [0, 0.05) is 25.3 Å². The van der Waals surface area contributed by atoms with Crippen molar-refractivity contribution in [1.82, 2.24) is 14.5 Å². The number of fused-ring (bicyclic) bond motifs is 1. The molecule has 1 aliphatic rings. The van der Waals surface area contributed by atoms with Gasteiger partial charge in [-0.2, -0.15) is 18.2 Å². The molecule has 3 heterocycles. The second-order valence-corrected chi connectivity index (χ2v) is 9.12. The molecule has 4 rings (SSSR count). The lowest BCUT2D eigenvalue weighted by Gasteiger charge is -2.11. The molecule has 0 aliphatic carbocycles. The molecule has 3 aromatic rings. The number of hydrogen-bond donors (Lipinski definition) is 1. The first kappa shape index (κ1) is 22.6. The second kappa shape index (κ2) is 9.10. The Morgan fingerprint density at radius 2 is 1.88 bits per heavy atom. The van der Waals surface area contributed by atoms with Gasteiger partial charge in [-0.1, -0.05) is 23.1 Å². The van der Waals surface area contributed by atoms with Gasteiger partial charge in [-0.3, -0.25) is 14.2 Å². The van der Waals surface area contributed by atoms with Crippen LogP contribution in [0.2, 0.25) is 0 Å². The standard InChI is InChI=1S/C20H20F3N5O2S2/c1-2-28-17(30)15-16(25-18(32-15)27-9-3-4-10-27)26-19(28)31-11-14(29)24-13-7-5-12(6-8-13)20(21,22)23/h5-8H,2-4,9-11H2,1H3,(H,24,29). The number of carbonyl (C=O) groups is 1. The van der Waals surface area contributed by atoms with Gasteiger partial charge in [0.15, 0.2) is 15.9 Å². The Hall–Kier alpha value is -2.60. The molecule has 12 heteroatoms. The Bertz CT molecular complexity index is 1180. The van der Waals surface area contributed by atoms with E-state index in [1.54, 1.807) is 0 Å². The summed E-state index contributed by atoms with van der Waals surface area (Å²) >= 11 is 2.43. The number of nitrogens with one attached hydrogen (secondary N) is 1. The van der Waals surface area contributed by atoms with Crippen molar-refractivity contribution in [2.24, 2.45) is 0 Å². The summed E-state index contributed by atoms with van der Waals surface area (Å²) in [4.78, 5) is 36.4. The molecule has 1 N–H and O–H groups in total. The molecule has 170 valence electrons. The lowest BCUT2D eigenvalue weighted by molar-refractivity contribution is -0.137. The predicted octanol–water partition coefficient (Wildman–Crippen LogP) is 4.22. The van der Waals surface area contributed by atoms with Gasteiger partial charge >= 0.3 is 6.18 Å². The number of benzene rings is 1. The molecular weight excluding hydrogens is 463 g/mol. The lowest BCUT2D eigenvalue weighted by atomic mass is 10.2. The summed E-state index contributed by atoms with van der Waals surface area (Å²) in [6.45, 7) is 4.03. The van der Waals surface area contributed by atoms with E-state index in [4.69, 9.17) is 0 Å². The zero-order valence-corrected chi connectivity index (χ0v) is 18.7. The Morgan fingerprint density at radius 3 is 2.50 bits per heavy atom. The van der Waals surface area contributed by atoms with Crippen molar-refractivity contribution in [3.05, 3.63) is 40.2 Å². The zero-order chi connectivity index (χ0) is 22.9. The highest BCUT2D eigenvalue weighted by atomic mass is 32.2. The van der Waals surface area contributed by atoms with E-state index < -0.39 is 17.6 Å². The summed E-state index contributed by atoms with van der Waals surface area (Å²) in [5.74, 6) is -0.468. The third-order valence-corrected chi connectivity index (χ3v) is 7.06. The molecule has 0 unspecified atom stereocenters.